The summed E-state index contributed by atoms with van der Waals surface area (Å²) in [5.41, 5.74) is 0. The lowest BCUT2D eigenvalue weighted by molar-refractivity contribution is -0.148. The van der Waals surface area contributed by atoms with E-state index in [9.17, 15) is 14.4 Å². The fourth-order valence-electron chi connectivity index (χ4n) is 3.30. The zero-order chi connectivity index (χ0) is 18.7. The van der Waals surface area contributed by atoms with E-state index in [1.807, 2.05) is 23.3 Å². The number of carbonyl (C=O) groups is 3. The summed E-state index contributed by atoms with van der Waals surface area (Å²) in [7, 11) is 0. The lowest BCUT2D eigenvalue weighted by atomic mass is 10.0. The average Bonchev–Trinajstić information content (AvgIpc) is 3.28. The summed E-state index contributed by atoms with van der Waals surface area (Å²) in [6, 6.07) is 3.02. The van der Waals surface area contributed by atoms with Gasteiger partial charge in [-0.25, -0.2) is 9.59 Å². The Hall–Kier alpha value is -1.74. The van der Waals surface area contributed by atoms with Gasteiger partial charge in [0.15, 0.2) is 6.04 Å². The maximum absolute atomic E-state index is 12.6. The minimum atomic E-state index is -0.684. The van der Waals surface area contributed by atoms with Crippen LogP contribution in [0.4, 0.5) is 4.79 Å². The number of thiophene rings is 1. The van der Waals surface area contributed by atoms with Gasteiger partial charge in [0.25, 0.3) is 5.91 Å². The van der Waals surface area contributed by atoms with E-state index in [-0.39, 0.29) is 25.2 Å². The molecule has 0 aliphatic carbocycles. The molecule has 1 aromatic rings. The molecule has 2 aliphatic rings. The van der Waals surface area contributed by atoms with Crippen LogP contribution in [-0.4, -0.2) is 72.4 Å². The standard InChI is InChI=1S/C17H22N2O5S2/c1-3-23-16(21)12-10-24-17(22)19(12)11-6-8-18(9-7-11)15(20)13-4-5-14(25-2)26-13/h4-5,11-12H,3,6-10H2,1-2H3. The van der Waals surface area contributed by atoms with Crippen molar-refractivity contribution < 1.29 is 23.9 Å². The molecule has 9 heteroatoms. The van der Waals surface area contributed by atoms with Gasteiger partial charge in [-0.05, 0) is 38.2 Å². The van der Waals surface area contributed by atoms with Crippen LogP contribution >= 0.6 is 23.1 Å². The molecule has 0 aromatic carbocycles. The van der Waals surface area contributed by atoms with Gasteiger partial charge < -0.3 is 14.4 Å². The molecule has 26 heavy (non-hydrogen) atoms. The Labute approximate surface area is 160 Å². The molecule has 0 radical (unpaired) electrons. The van der Waals surface area contributed by atoms with Crippen LogP contribution in [0.15, 0.2) is 16.3 Å². The minimum absolute atomic E-state index is 0.0275. The van der Waals surface area contributed by atoms with Crippen LogP contribution in [0.2, 0.25) is 0 Å². The molecule has 0 bridgehead atoms. The molecule has 142 valence electrons. The highest BCUT2D eigenvalue weighted by Gasteiger charge is 2.44. The van der Waals surface area contributed by atoms with Crippen molar-refractivity contribution in [2.24, 2.45) is 0 Å². The van der Waals surface area contributed by atoms with E-state index in [0.717, 1.165) is 9.09 Å². The number of nitrogens with zero attached hydrogens (tertiary/aromatic N) is 2. The van der Waals surface area contributed by atoms with E-state index in [0.29, 0.717) is 25.9 Å². The van der Waals surface area contributed by atoms with Gasteiger partial charge in [0, 0.05) is 19.1 Å². The van der Waals surface area contributed by atoms with Crippen LogP contribution in [-0.2, 0) is 14.3 Å². The molecule has 2 aliphatic heterocycles. The first-order chi connectivity index (χ1) is 12.5. The largest absolute Gasteiger partial charge is 0.464 e. The van der Waals surface area contributed by atoms with E-state index in [1.165, 1.54) is 16.2 Å². The Morgan fingerprint density at radius 2 is 2.08 bits per heavy atom. The van der Waals surface area contributed by atoms with Crippen LogP contribution in [0.25, 0.3) is 0 Å². The highest BCUT2D eigenvalue weighted by molar-refractivity contribution is 8.00. The van der Waals surface area contributed by atoms with E-state index >= 15 is 0 Å². The number of rotatable bonds is 5. The summed E-state index contributed by atoms with van der Waals surface area (Å²) in [6.07, 6.45) is 2.76. The Morgan fingerprint density at radius 1 is 1.35 bits per heavy atom. The molecular formula is C17H22N2O5S2. The summed E-state index contributed by atoms with van der Waals surface area (Å²) in [4.78, 5) is 40.8. The van der Waals surface area contributed by atoms with Crippen molar-refractivity contribution in [2.45, 2.75) is 36.1 Å². The molecule has 2 fully saturated rings. The zero-order valence-corrected chi connectivity index (χ0v) is 16.4. The van der Waals surface area contributed by atoms with Gasteiger partial charge in [-0.1, -0.05) is 0 Å². The first-order valence-corrected chi connectivity index (χ1v) is 10.6. The number of hydrogen-bond acceptors (Lipinski definition) is 7. The molecule has 3 rings (SSSR count). The summed E-state index contributed by atoms with van der Waals surface area (Å²) in [5.74, 6) is -0.403. The normalized spacial score (nSPS) is 21.0. The maximum Gasteiger partial charge on any atom is 0.410 e. The predicted octanol–water partition coefficient (Wildman–Crippen LogP) is 2.46. The lowest BCUT2D eigenvalue weighted by Gasteiger charge is -2.37. The molecule has 7 nitrogen and oxygen atoms in total. The molecule has 3 heterocycles. The SMILES string of the molecule is CCOC(=O)C1COC(=O)N1C1CCN(C(=O)c2ccc(SC)s2)CC1. The number of esters is 1. The van der Waals surface area contributed by atoms with Crippen molar-refractivity contribution in [1.29, 1.82) is 0 Å². The molecule has 0 saturated carbocycles. The first kappa shape index (κ1) is 19.0. The summed E-state index contributed by atoms with van der Waals surface area (Å²) >= 11 is 3.12. The van der Waals surface area contributed by atoms with Gasteiger partial charge in [-0.15, -0.1) is 23.1 Å². The number of ether oxygens (including phenoxy) is 2. The smallest absolute Gasteiger partial charge is 0.410 e. The molecule has 0 N–H and O–H groups in total. The van der Waals surface area contributed by atoms with E-state index in [1.54, 1.807) is 18.7 Å². The van der Waals surface area contributed by atoms with Crippen molar-refractivity contribution in [3.05, 3.63) is 17.0 Å². The van der Waals surface area contributed by atoms with Crippen LogP contribution in [0.3, 0.4) is 0 Å². The molecule has 2 saturated heterocycles. The molecule has 0 spiro atoms. The van der Waals surface area contributed by atoms with Gasteiger partial charge in [0.2, 0.25) is 0 Å². The average molecular weight is 399 g/mol. The highest BCUT2D eigenvalue weighted by atomic mass is 32.2. The Balaban J connectivity index is 1.61. The monoisotopic (exact) mass is 398 g/mol. The van der Waals surface area contributed by atoms with Crippen LogP contribution in [0.1, 0.15) is 29.4 Å². The predicted molar refractivity (Wildman–Crippen MR) is 98.6 cm³/mol. The van der Waals surface area contributed by atoms with Gasteiger partial charge in [-0.2, -0.15) is 0 Å². The zero-order valence-electron chi connectivity index (χ0n) is 14.8. The Bertz CT molecular complexity index is 684. The Kier molecular flexibility index (Phi) is 6.08. The summed E-state index contributed by atoms with van der Waals surface area (Å²) in [5, 5.41) is 0. The third-order valence-corrected chi connectivity index (χ3v) is 6.76. The molecular weight excluding hydrogens is 376 g/mol. The topological polar surface area (TPSA) is 76.2 Å². The number of hydrogen-bond donors (Lipinski definition) is 0. The number of amides is 2. The number of carbonyl (C=O) groups excluding carboxylic acids is 3. The number of likely N-dealkylation sites (tertiary alicyclic amines) is 1. The maximum atomic E-state index is 12.6. The first-order valence-electron chi connectivity index (χ1n) is 8.60. The quantitative estimate of drug-likeness (QED) is 0.560. The second-order valence-corrected chi connectivity index (χ2v) is 8.29. The third-order valence-electron chi connectivity index (χ3n) is 4.61. The van der Waals surface area contributed by atoms with Crippen LogP contribution < -0.4 is 0 Å². The fourth-order valence-corrected chi connectivity index (χ4v) is 4.82. The molecule has 1 aromatic heterocycles. The molecule has 1 atom stereocenters. The van der Waals surface area contributed by atoms with E-state index in [4.69, 9.17) is 9.47 Å². The van der Waals surface area contributed by atoms with E-state index < -0.39 is 18.1 Å². The second-order valence-electron chi connectivity index (χ2n) is 6.10. The minimum Gasteiger partial charge on any atom is -0.464 e. The van der Waals surface area contributed by atoms with Crippen LogP contribution in [0.5, 0.6) is 0 Å². The van der Waals surface area contributed by atoms with Crippen molar-refractivity contribution >= 4 is 41.1 Å². The summed E-state index contributed by atoms with van der Waals surface area (Å²) in [6.45, 7) is 3.13. The van der Waals surface area contributed by atoms with Gasteiger partial charge in [0.05, 0.1) is 15.7 Å². The van der Waals surface area contributed by atoms with Crippen molar-refractivity contribution in [3.8, 4) is 0 Å². The van der Waals surface area contributed by atoms with Crippen molar-refractivity contribution in [2.75, 3.05) is 32.6 Å². The van der Waals surface area contributed by atoms with Crippen molar-refractivity contribution in [1.82, 2.24) is 9.80 Å². The van der Waals surface area contributed by atoms with Crippen LogP contribution in [0, 0.1) is 0 Å². The van der Waals surface area contributed by atoms with Gasteiger partial charge in [0.1, 0.15) is 6.61 Å². The summed E-state index contributed by atoms with van der Waals surface area (Å²) < 4.78 is 11.2. The lowest BCUT2D eigenvalue weighted by Crippen LogP contribution is -2.52. The number of piperidine rings is 1. The third kappa shape index (κ3) is 3.83. The molecule has 1 unspecified atom stereocenters. The number of thioether (sulfide) groups is 1. The Morgan fingerprint density at radius 3 is 2.69 bits per heavy atom. The second kappa shape index (κ2) is 8.30. The fraction of sp³-hybridized carbons (Fsp3) is 0.588. The molecule has 2 amide bonds. The van der Waals surface area contributed by atoms with Gasteiger partial charge in [-0.3, -0.25) is 9.69 Å². The number of cyclic esters (lactones) is 1. The van der Waals surface area contributed by atoms with E-state index in [2.05, 4.69) is 0 Å². The highest BCUT2D eigenvalue weighted by Crippen LogP contribution is 2.29. The van der Waals surface area contributed by atoms with Gasteiger partial charge >= 0.3 is 12.1 Å². The van der Waals surface area contributed by atoms with Crippen molar-refractivity contribution in [3.63, 3.8) is 0 Å².